The molecule has 2 rings (SSSR count). The van der Waals surface area contributed by atoms with Gasteiger partial charge in [0.1, 0.15) is 0 Å². The number of alkyl halides is 2. The van der Waals surface area contributed by atoms with Gasteiger partial charge in [-0.3, -0.25) is 0 Å². The van der Waals surface area contributed by atoms with E-state index >= 15 is 0 Å². The van der Waals surface area contributed by atoms with Gasteiger partial charge in [-0.05, 0) is 44.0 Å². The van der Waals surface area contributed by atoms with Crippen molar-refractivity contribution in [3.63, 3.8) is 0 Å². The second-order valence-corrected chi connectivity index (χ2v) is 5.51. The Morgan fingerprint density at radius 1 is 1.33 bits per heavy atom. The number of ether oxygens (including phenoxy) is 1. The van der Waals surface area contributed by atoms with Crippen molar-refractivity contribution in [2.75, 3.05) is 11.9 Å². The number of thioether (sulfide) groups is 1. The van der Waals surface area contributed by atoms with E-state index in [0.717, 1.165) is 25.1 Å². The largest absolute Gasteiger partial charge is 0.382 e. The maximum Gasteiger partial charge on any atom is 0.288 e. The minimum Gasteiger partial charge on any atom is -0.382 e. The first-order valence-electron chi connectivity index (χ1n) is 6.06. The molecule has 0 spiro atoms. The van der Waals surface area contributed by atoms with Crippen molar-refractivity contribution in [1.82, 2.24) is 0 Å². The normalized spacial score (nSPS) is 24.2. The van der Waals surface area contributed by atoms with Gasteiger partial charge >= 0.3 is 0 Å². The highest BCUT2D eigenvalue weighted by atomic mass is 32.2. The van der Waals surface area contributed by atoms with Gasteiger partial charge in [-0.1, -0.05) is 11.8 Å². The van der Waals surface area contributed by atoms with Gasteiger partial charge in [0.25, 0.3) is 5.76 Å². The molecule has 0 radical (unpaired) electrons. The highest BCUT2D eigenvalue weighted by molar-refractivity contribution is 7.99. The summed E-state index contributed by atoms with van der Waals surface area (Å²) in [5.41, 5.74) is 0.979. The molecule has 100 valence electrons. The topological polar surface area (TPSA) is 21.3 Å². The molecule has 1 aromatic carbocycles. The average molecular weight is 273 g/mol. The Morgan fingerprint density at radius 2 is 2.06 bits per heavy atom. The van der Waals surface area contributed by atoms with Crippen LogP contribution in [-0.4, -0.2) is 24.5 Å². The fourth-order valence-corrected chi connectivity index (χ4v) is 2.60. The first-order chi connectivity index (χ1) is 8.63. The van der Waals surface area contributed by atoms with E-state index in [-0.39, 0.29) is 6.10 Å². The summed E-state index contributed by atoms with van der Waals surface area (Å²) in [7, 11) is 0. The van der Waals surface area contributed by atoms with Crippen molar-refractivity contribution in [2.45, 2.75) is 42.6 Å². The molecule has 0 aromatic heterocycles. The lowest BCUT2D eigenvalue weighted by molar-refractivity contribution is 0.0232. The molecule has 0 saturated carbocycles. The third-order valence-electron chi connectivity index (χ3n) is 2.94. The monoisotopic (exact) mass is 273 g/mol. The summed E-state index contributed by atoms with van der Waals surface area (Å²) in [6.45, 7) is 2.84. The van der Waals surface area contributed by atoms with E-state index in [1.165, 1.54) is 0 Å². The van der Waals surface area contributed by atoms with Gasteiger partial charge < -0.3 is 10.1 Å². The summed E-state index contributed by atoms with van der Waals surface area (Å²) in [4.78, 5) is 0.593. The Hall–Kier alpha value is -0.810. The van der Waals surface area contributed by atoms with Crippen molar-refractivity contribution in [2.24, 2.45) is 0 Å². The van der Waals surface area contributed by atoms with Gasteiger partial charge in [0.2, 0.25) is 0 Å². The van der Waals surface area contributed by atoms with E-state index < -0.39 is 5.76 Å². The zero-order valence-corrected chi connectivity index (χ0v) is 11.1. The molecule has 1 aliphatic heterocycles. The van der Waals surface area contributed by atoms with E-state index in [2.05, 4.69) is 12.2 Å². The van der Waals surface area contributed by atoms with Crippen LogP contribution in [0, 0.1) is 0 Å². The molecule has 0 aliphatic carbocycles. The maximum atomic E-state index is 12.2. The fourth-order valence-electron chi connectivity index (χ4n) is 2.10. The molecule has 2 atom stereocenters. The van der Waals surface area contributed by atoms with Gasteiger partial charge in [-0.25, -0.2) is 0 Å². The lowest BCUT2D eigenvalue weighted by Crippen LogP contribution is -2.32. The van der Waals surface area contributed by atoms with Crippen LogP contribution in [-0.2, 0) is 4.74 Å². The molecule has 1 fully saturated rings. The van der Waals surface area contributed by atoms with Crippen LogP contribution in [0.5, 0.6) is 0 Å². The van der Waals surface area contributed by atoms with Crippen molar-refractivity contribution >= 4 is 17.4 Å². The first kappa shape index (κ1) is 13.6. The SMILES string of the molecule is CC1CC(Nc2ccc(SC(F)F)cc2)CCO1. The second-order valence-electron chi connectivity index (χ2n) is 4.45. The van der Waals surface area contributed by atoms with Crippen LogP contribution in [0.1, 0.15) is 19.8 Å². The van der Waals surface area contributed by atoms with Crippen LogP contribution in [0.2, 0.25) is 0 Å². The minimum atomic E-state index is -2.36. The summed E-state index contributed by atoms with van der Waals surface area (Å²) in [6, 6.07) is 7.56. The van der Waals surface area contributed by atoms with Gasteiger partial charge in [-0.2, -0.15) is 8.78 Å². The van der Waals surface area contributed by atoms with Crippen LogP contribution in [0.25, 0.3) is 0 Å². The number of hydrogen-bond acceptors (Lipinski definition) is 3. The second kappa shape index (κ2) is 6.38. The molecule has 5 heteroatoms. The first-order valence-corrected chi connectivity index (χ1v) is 6.94. The number of anilines is 1. The Labute approximate surface area is 110 Å². The van der Waals surface area contributed by atoms with Crippen LogP contribution in [0.4, 0.5) is 14.5 Å². The van der Waals surface area contributed by atoms with Crippen molar-refractivity contribution in [3.05, 3.63) is 24.3 Å². The Balaban J connectivity index is 1.89. The number of rotatable bonds is 4. The van der Waals surface area contributed by atoms with Crippen LogP contribution in [0.3, 0.4) is 0 Å². The Bertz CT molecular complexity index is 372. The van der Waals surface area contributed by atoms with E-state index in [9.17, 15) is 8.78 Å². The Morgan fingerprint density at radius 3 is 2.67 bits per heavy atom. The van der Waals surface area contributed by atoms with E-state index in [0.29, 0.717) is 22.7 Å². The lowest BCUT2D eigenvalue weighted by atomic mass is 10.0. The standard InChI is InChI=1S/C13H17F2NOS/c1-9-8-11(6-7-17-9)16-10-2-4-12(5-3-10)18-13(14)15/h2-5,9,11,13,16H,6-8H2,1H3. The molecule has 1 saturated heterocycles. The van der Waals surface area contributed by atoms with E-state index in [4.69, 9.17) is 4.74 Å². The molecule has 2 unspecified atom stereocenters. The highest BCUT2D eigenvalue weighted by Crippen LogP contribution is 2.27. The minimum absolute atomic E-state index is 0.282. The number of hydrogen-bond donors (Lipinski definition) is 1. The zero-order chi connectivity index (χ0) is 13.0. The smallest absolute Gasteiger partial charge is 0.288 e. The molecule has 1 aromatic rings. The number of halogens is 2. The number of benzene rings is 1. The van der Waals surface area contributed by atoms with Gasteiger partial charge in [-0.15, -0.1) is 0 Å². The third-order valence-corrected chi connectivity index (χ3v) is 3.66. The molecule has 0 amide bonds. The summed E-state index contributed by atoms with van der Waals surface area (Å²) < 4.78 is 29.8. The van der Waals surface area contributed by atoms with Crippen molar-refractivity contribution in [1.29, 1.82) is 0 Å². The molecule has 18 heavy (non-hydrogen) atoms. The molecular formula is C13H17F2NOS. The van der Waals surface area contributed by atoms with E-state index in [1.54, 1.807) is 12.1 Å². The summed E-state index contributed by atoms with van der Waals surface area (Å²) in [5.74, 6) is -2.36. The molecule has 1 heterocycles. The summed E-state index contributed by atoms with van der Waals surface area (Å²) in [6.07, 6.45) is 2.25. The average Bonchev–Trinajstić information content (AvgIpc) is 2.31. The van der Waals surface area contributed by atoms with Crippen molar-refractivity contribution < 1.29 is 13.5 Å². The molecule has 0 bridgehead atoms. The highest BCUT2D eigenvalue weighted by Gasteiger charge is 2.18. The zero-order valence-electron chi connectivity index (χ0n) is 10.2. The summed E-state index contributed by atoms with van der Waals surface area (Å²) in [5, 5.41) is 3.42. The van der Waals surface area contributed by atoms with Crippen LogP contribution >= 0.6 is 11.8 Å². The van der Waals surface area contributed by atoms with Crippen LogP contribution in [0.15, 0.2) is 29.2 Å². The fraction of sp³-hybridized carbons (Fsp3) is 0.538. The van der Waals surface area contributed by atoms with Crippen LogP contribution < -0.4 is 5.32 Å². The number of nitrogens with one attached hydrogen (secondary N) is 1. The Kier molecular flexibility index (Phi) is 4.83. The van der Waals surface area contributed by atoms with Gasteiger partial charge in [0.05, 0.1) is 6.10 Å². The van der Waals surface area contributed by atoms with E-state index in [1.807, 2.05) is 12.1 Å². The molecule has 1 aliphatic rings. The maximum absolute atomic E-state index is 12.2. The predicted molar refractivity (Wildman–Crippen MR) is 70.4 cm³/mol. The van der Waals surface area contributed by atoms with Crippen molar-refractivity contribution in [3.8, 4) is 0 Å². The van der Waals surface area contributed by atoms with Gasteiger partial charge in [0, 0.05) is 23.2 Å². The predicted octanol–water partition coefficient (Wildman–Crippen LogP) is 3.98. The summed E-state index contributed by atoms with van der Waals surface area (Å²) >= 11 is 0.572. The quantitative estimate of drug-likeness (QED) is 0.838. The molecule has 1 N–H and O–H groups in total. The third kappa shape index (κ3) is 4.14. The molecular weight excluding hydrogens is 256 g/mol. The van der Waals surface area contributed by atoms with Gasteiger partial charge in [0.15, 0.2) is 0 Å². The lowest BCUT2D eigenvalue weighted by Gasteiger charge is -2.28. The molecule has 2 nitrogen and oxygen atoms in total.